The van der Waals surface area contributed by atoms with Gasteiger partial charge in [-0.3, -0.25) is 4.79 Å². The first-order chi connectivity index (χ1) is 7.95. The molecule has 0 saturated heterocycles. The first kappa shape index (κ1) is 15.4. The molecule has 0 spiro atoms. The van der Waals surface area contributed by atoms with E-state index in [1.54, 1.807) is 6.92 Å². The summed E-state index contributed by atoms with van der Waals surface area (Å²) >= 11 is 4.72. The minimum atomic E-state index is -0.738. The fourth-order valence-electron chi connectivity index (χ4n) is 1.02. The molecule has 2 N–H and O–H groups in total. The topological polar surface area (TPSA) is 69.4 Å². The maximum Gasteiger partial charge on any atom is 0.403 e. The van der Waals surface area contributed by atoms with Gasteiger partial charge < -0.3 is 10.5 Å². The SMILES string of the molecule is CCOC(=O)Cl.Cc1ccc(CC(N)=O)cc1. The van der Waals surface area contributed by atoms with Gasteiger partial charge in [-0.1, -0.05) is 29.8 Å². The lowest BCUT2D eigenvalue weighted by atomic mass is 10.1. The number of carbonyl (C=O) groups excluding carboxylic acids is 2. The van der Waals surface area contributed by atoms with Crippen molar-refractivity contribution in [1.82, 2.24) is 0 Å². The molecular formula is C12H16ClNO3. The minimum Gasteiger partial charge on any atom is -0.454 e. The zero-order chi connectivity index (χ0) is 13.3. The molecule has 0 heterocycles. The summed E-state index contributed by atoms with van der Waals surface area (Å²) in [7, 11) is 0. The van der Waals surface area contributed by atoms with Gasteiger partial charge in [0.05, 0.1) is 13.0 Å². The van der Waals surface area contributed by atoms with Gasteiger partial charge in [0.2, 0.25) is 5.91 Å². The Morgan fingerprint density at radius 3 is 2.12 bits per heavy atom. The van der Waals surface area contributed by atoms with Gasteiger partial charge in [0.25, 0.3) is 0 Å². The van der Waals surface area contributed by atoms with Crippen LogP contribution < -0.4 is 5.73 Å². The van der Waals surface area contributed by atoms with E-state index >= 15 is 0 Å². The second-order valence-electron chi connectivity index (χ2n) is 3.30. The number of hydrogen-bond donors (Lipinski definition) is 1. The summed E-state index contributed by atoms with van der Waals surface area (Å²) in [5, 5.41) is 0. The lowest BCUT2D eigenvalue weighted by Gasteiger charge is -1.96. The average molecular weight is 258 g/mol. The highest BCUT2D eigenvalue weighted by Crippen LogP contribution is 2.02. The number of aryl methyl sites for hydroxylation is 1. The van der Waals surface area contributed by atoms with E-state index in [4.69, 9.17) is 17.3 Å². The third kappa shape index (κ3) is 9.38. The van der Waals surface area contributed by atoms with Crippen LogP contribution >= 0.6 is 11.6 Å². The van der Waals surface area contributed by atoms with Crippen LogP contribution in [-0.4, -0.2) is 17.9 Å². The predicted octanol–water partition coefficient (Wildman–Crippen LogP) is 2.40. The molecule has 4 nitrogen and oxygen atoms in total. The first-order valence-corrected chi connectivity index (χ1v) is 5.49. The Kier molecular flexibility index (Phi) is 7.80. The van der Waals surface area contributed by atoms with Crippen molar-refractivity contribution in [1.29, 1.82) is 0 Å². The van der Waals surface area contributed by atoms with Crippen LogP contribution in [0.25, 0.3) is 0 Å². The Bertz CT molecular complexity index is 363. The number of carbonyl (C=O) groups is 2. The second kappa shape index (κ2) is 8.58. The zero-order valence-corrected chi connectivity index (χ0v) is 10.7. The Hall–Kier alpha value is -1.55. The monoisotopic (exact) mass is 257 g/mol. The number of rotatable bonds is 3. The summed E-state index contributed by atoms with van der Waals surface area (Å²) in [4.78, 5) is 20.1. The summed E-state index contributed by atoms with van der Waals surface area (Å²) in [6.45, 7) is 4.05. The smallest absolute Gasteiger partial charge is 0.403 e. The number of ether oxygens (including phenoxy) is 1. The summed E-state index contributed by atoms with van der Waals surface area (Å²) in [5.41, 5.74) is 6.45. The molecule has 0 atom stereocenters. The fourth-order valence-corrected chi connectivity index (χ4v) is 1.13. The van der Waals surface area contributed by atoms with Crippen LogP contribution in [0.5, 0.6) is 0 Å². The van der Waals surface area contributed by atoms with Gasteiger partial charge in [-0.05, 0) is 19.4 Å². The maximum absolute atomic E-state index is 10.5. The van der Waals surface area contributed by atoms with Crippen LogP contribution in [0.4, 0.5) is 4.79 Å². The van der Waals surface area contributed by atoms with Crippen LogP contribution in [0.3, 0.4) is 0 Å². The van der Waals surface area contributed by atoms with Crippen LogP contribution in [0, 0.1) is 6.92 Å². The number of benzene rings is 1. The zero-order valence-electron chi connectivity index (χ0n) is 9.90. The van der Waals surface area contributed by atoms with Crippen molar-refractivity contribution >= 4 is 22.9 Å². The fraction of sp³-hybridized carbons (Fsp3) is 0.333. The number of primary amides is 1. The molecule has 0 aliphatic rings. The molecule has 0 aliphatic carbocycles. The van der Waals surface area contributed by atoms with Gasteiger partial charge in [0.1, 0.15) is 0 Å². The molecular weight excluding hydrogens is 242 g/mol. The third-order valence-corrected chi connectivity index (χ3v) is 1.87. The van der Waals surface area contributed by atoms with E-state index in [-0.39, 0.29) is 5.91 Å². The second-order valence-corrected chi connectivity index (χ2v) is 3.61. The van der Waals surface area contributed by atoms with Gasteiger partial charge in [-0.25, -0.2) is 4.79 Å². The van der Waals surface area contributed by atoms with Crippen LogP contribution in [0.1, 0.15) is 18.1 Å². The van der Waals surface area contributed by atoms with Crippen molar-refractivity contribution in [2.24, 2.45) is 5.73 Å². The lowest BCUT2D eigenvalue weighted by molar-refractivity contribution is -0.117. The Labute approximate surface area is 106 Å². The van der Waals surface area contributed by atoms with Crippen molar-refractivity contribution in [3.8, 4) is 0 Å². The van der Waals surface area contributed by atoms with Crippen LogP contribution in [0.15, 0.2) is 24.3 Å². The van der Waals surface area contributed by atoms with Gasteiger partial charge >= 0.3 is 5.43 Å². The molecule has 0 radical (unpaired) electrons. The molecule has 0 aliphatic heterocycles. The van der Waals surface area contributed by atoms with Crippen molar-refractivity contribution in [3.05, 3.63) is 35.4 Å². The van der Waals surface area contributed by atoms with E-state index in [1.807, 2.05) is 31.2 Å². The molecule has 0 saturated carbocycles. The number of amides is 1. The lowest BCUT2D eigenvalue weighted by Crippen LogP contribution is -2.13. The molecule has 5 heteroatoms. The molecule has 1 aromatic carbocycles. The van der Waals surface area contributed by atoms with Crippen molar-refractivity contribution in [2.45, 2.75) is 20.3 Å². The van der Waals surface area contributed by atoms with Crippen molar-refractivity contribution in [2.75, 3.05) is 6.61 Å². The van der Waals surface area contributed by atoms with Gasteiger partial charge in [-0.2, -0.15) is 0 Å². The molecule has 1 rings (SSSR count). The van der Waals surface area contributed by atoms with Gasteiger partial charge in [0, 0.05) is 11.6 Å². The van der Waals surface area contributed by atoms with Crippen molar-refractivity contribution in [3.63, 3.8) is 0 Å². The summed E-state index contributed by atoms with van der Waals surface area (Å²) in [5.74, 6) is -0.283. The maximum atomic E-state index is 10.5. The first-order valence-electron chi connectivity index (χ1n) is 5.11. The molecule has 0 bridgehead atoms. The third-order valence-electron chi connectivity index (χ3n) is 1.76. The highest BCUT2D eigenvalue weighted by molar-refractivity contribution is 6.61. The van der Waals surface area contributed by atoms with E-state index in [9.17, 15) is 9.59 Å². The largest absolute Gasteiger partial charge is 0.454 e. The highest BCUT2D eigenvalue weighted by Gasteiger charge is 1.95. The predicted molar refractivity (Wildman–Crippen MR) is 67.0 cm³/mol. The van der Waals surface area contributed by atoms with E-state index in [2.05, 4.69) is 4.74 Å². The van der Waals surface area contributed by atoms with Crippen molar-refractivity contribution < 1.29 is 14.3 Å². The molecule has 1 aromatic rings. The molecule has 17 heavy (non-hydrogen) atoms. The molecule has 0 fully saturated rings. The van der Waals surface area contributed by atoms with E-state index < -0.39 is 5.43 Å². The normalized spacial score (nSPS) is 8.88. The summed E-state index contributed by atoms with van der Waals surface area (Å²) in [6, 6.07) is 7.77. The Balaban J connectivity index is 0.000000366. The standard InChI is InChI=1S/C9H11NO.C3H5ClO2/c1-7-2-4-8(5-3-7)6-9(10)11;1-2-6-3(4)5/h2-5H,6H2,1H3,(H2,10,11);2H2,1H3. The molecule has 94 valence electrons. The molecule has 1 amide bonds. The molecule has 0 aromatic heterocycles. The number of hydrogen-bond acceptors (Lipinski definition) is 3. The number of halogens is 1. The number of nitrogens with two attached hydrogens (primary N) is 1. The highest BCUT2D eigenvalue weighted by atomic mass is 35.5. The average Bonchev–Trinajstić information content (AvgIpc) is 2.21. The van der Waals surface area contributed by atoms with E-state index in [1.165, 1.54) is 5.56 Å². The van der Waals surface area contributed by atoms with Gasteiger partial charge in [-0.15, -0.1) is 0 Å². The summed E-state index contributed by atoms with van der Waals surface area (Å²) in [6.07, 6.45) is 0.334. The minimum absolute atomic E-state index is 0.283. The van der Waals surface area contributed by atoms with E-state index in [0.717, 1.165) is 5.56 Å². The van der Waals surface area contributed by atoms with E-state index in [0.29, 0.717) is 13.0 Å². The van der Waals surface area contributed by atoms with Crippen LogP contribution in [0.2, 0.25) is 0 Å². The van der Waals surface area contributed by atoms with Gasteiger partial charge in [0.15, 0.2) is 0 Å². The Morgan fingerprint density at radius 1 is 1.29 bits per heavy atom. The summed E-state index contributed by atoms with van der Waals surface area (Å²) < 4.78 is 4.17. The van der Waals surface area contributed by atoms with Crippen LogP contribution in [-0.2, 0) is 16.0 Å². The quantitative estimate of drug-likeness (QED) is 0.846. The molecule has 0 unspecified atom stereocenters. The Morgan fingerprint density at radius 2 is 1.82 bits per heavy atom.